The number of rotatable bonds is 5. The van der Waals surface area contributed by atoms with Gasteiger partial charge in [-0.1, -0.05) is 18.2 Å². The highest BCUT2D eigenvalue weighted by Crippen LogP contribution is 2.18. The molecule has 0 fully saturated rings. The van der Waals surface area contributed by atoms with E-state index in [0.717, 1.165) is 22.6 Å². The SMILES string of the molecule is C/C(=N/NC(=O)Nc1ccc(C(=O)O)cc1)c1c(C)nn(-c2ccccc2)c1C. The highest BCUT2D eigenvalue weighted by Gasteiger charge is 2.15. The van der Waals surface area contributed by atoms with E-state index in [4.69, 9.17) is 5.11 Å². The number of hydrogen-bond donors (Lipinski definition) is 3. The van der Waals surface area contributed by atoms with E-state index < -0.39 is 12.0 Å². The first-order chi connectivity index (χ1) is 13.9. The third-order valence-electron chi connectivity index (χ3n) is 4.37. The molecule has 0 spiro atoms. The predicted molar refractivity (Wildman–Crippen MR) is 111 cm³/mol. The number of nitrogens with one attached hydrogen (secondary N) is 2. The van der Waals surface area contributed by atoms with Gasteiger partial charge < -0.3 is 10.4 Å². The van der Waals surface area contributed by atoms with Crippen molar-refractivity contribution in [2.75, 3.05) is 5.32 Å². The monoisotopic (exact) mass is 391 g/mol. The fraction of sp³-hybridized carbons (Fsp3) is 0.143. The molecule has 0 aliphatic heterocycles. The van der Waals surface area contributed by atoms with Gasteiger partial charge in [0.2, 0.25) is 0 Å². The number of benzene rings is 2. The van der Waals surface area contributed by atoms with Crippen LogP contribution < -0.4 is 10.7 Å². The van der Waals surface area contributed by atoms with Crippen molar-refractivity contribution in [3.63, 3.8) is 0 Å². The molecule has 0 saturated carbocycles. The van der Waals surface area contributed by atoms with Crippen LogP contribution in [-0.4, -0.2) is 32.6 Å². The van der Waals surface area contributed by atoms with E-state index in [9.17, 15) is 9.59 Å². The zero-order chi connectivity index (χ0) is 21.0. The van der Waals surface area contributed by atoms with Crippen molar-refractivity contribution in [2.24, 2.45) is 5.10 Å². The maximum Gasteiger partial charge on any atom is 0.339 e. The maximum absolute atomic E-state index is 12.1. The molecule has 1 aromatic heterocycles. The molecule has 1 heterocycles. The van der Waals surface area contributed by atoms with Gasteiger partial charge in [-0.3, -0.25) is 0 Å². The molecule has 3 aromatic rings. The van der Waals surface area contributed by atoms with Crippen molar-refractivity contribution in [2.45, 2.75) is 20.8 Å². The summed E-state index contributed by atoms with van der Waals surface area (Å²) in [4.78, 5) is 23.0. The molecule has 148 valence electrons. The molecule has 0 saturated heterocycles. The van der Waals surface area contributed by atoms with Crippen molar-refractivity contribution in [1.29, 1.82) is 0 Å². The summed E-state index contributed by atoms with van der Waals surface area (Å²) < 4.78 is 1.84. The summed E-state index contributed by atoms with van der Waals surface area (Å²) in [6.07, 6.45) is 0. The van der Waals surface area contributed by atoms with Crippen molar-refractivity contribution in [3.05, 3.63) is 77.1 Å². The maximum atomic E-state index is 12.1. The van der Waals surface area contributed by atoms with Crippen LogP contribution in [0.1, 0.15) is 34.2 Å². The molecule has 8 nitrogen and oxygen atoms in total. The summed E-state index contributed by atoms with van der Waals surface area (Å²) in [5.41, 5.74) is 7.22. The van der Waals surface area contributed by atoms with E-state index in [-0.39, 0.29) is 5.56 Å². The Kier molecular flexibility index (Phi) is 5.73. The zero-order valence-corrected chi connectivity index (χ0v) is 16.3. The average molecular weight is 391 g/mol. The van der Waals surface area contributed by atoms with Crippen molar-refractivity contribution in [1.82, 2.24) is 15.2 Å². The fourth-order valence-electron chi connectivity index (χ4n) is 3.03. The second-order valence-electron chi connectivity index (χ2n) is 6.44. The van der Waals surface area contributed by atoms with Crippen LogP contribution in [0, 0.1) is 13.8 Å². The number of aromatic nitrogens is 2. The van der Waals surface area contributed by atoms with E-state index >= 15 is 0 Å². The summed E-state index contributed by atoms with van der Waals surface area (Å²) in [7, 11) is 0. The van der Waals surface area contributed by atoms with Gasteiger partial charge in [-0.2, -0.15) is 10.2 Å². The van der Waals surface area contributed by atoms with Crippen LogP contribution in [0.5, 0.6) is 0 Å². The normalized spacial score (nSPS) is 11.2. The van der Waals surface area contributed by atoms with Gasteiger partial charge in [0.15, 0.2) is 0 Å². The van der Waals surface area contributed by atoms with E-state index in [1.54, 1.807) is 6.92 Å². The molecular weight excluding hydrogens is 370 g/mol. The highest BCUT2D eigenvalue weighted by molar-refractivity contribution is 6.01. The molecule has 3 rings (SSSR count). The number of carboxylic acids is 1. The Morgan fingerprint density at radius 2 is 1.69 bits per heavy atom. The number of para-hydroxylation sites is 1. The van der Waals surface area contributed by atoms with Gasteiger partial charge >= 0.3 is 12.0 Å². The van der Waals surface area contributed by atoms with Gasteiger partial charge in [-0.15, -0.1) is 0 Å². The third-order valence-corrected chi connectivity index (χ3v) is 4.37. The van der Waals surface area contributed by atoms with Crippen LogP contribution >= 0.6 is 0 Å². The van der Waals surface area contributed by atoms with E-state index in [2.05, 4.69) is 20.9 Å². The quantitative estimate of drug-likeness (QED) is 0.455. The van der Waals surface area contributed by atoms with Gasteiger partial charge in [0.25, 0.3) is 0 Å². The number of urea groups is 1. The molecular formula is C21H21N5O3. The van der Waals surface area contributed by atoms with Gasteiger partial charge in [0, 0.05) is 11.3 Å². The summed E-state index contributed by atoms with van der Waals surface area (Å²) >= 11 is 0. The Hall–Kier alpha value is -3.94. The number of carbonyl (C=O) groups is 2. The number of amides is 2. The van der Waals surface area contributed by atoms with Crippen molar-refractivity contribution < 1.29 is 14.7 Å². The zero-order valence-electron chi connectivity index (χ0n) is 16.3. The molecule has 2 aromatic carbocycles. The van der Waals surface area contributed by atoms with Crippen LogP contribution in [0.15, 0.2) is 59.7 Å². The van der Waals surface area contributed by atoms with Crippen LogP contribution in [0.3, 0.4) is 0 Å². The number of carbonyl (C=O) groups excluding carboxylic acids is 1. The molecule has 3 N–H and O–H groups in total. The minimum absolute atomic E-state index is 0.145. The van der Waals surface area contributed by atoms with E-state index in [1.165, 1.54) is 24.3 Å². The number of aryl methyl sites for hydroxylation is 1. The van der Waals surface area contributed by atoms with Gasteiger partial charge in [-0.25, -0.2) is 19.7 Å². The molecule has 2 amide bonds. The lowest BCUT2D eigenvalue weighted by molar-refractivity contribution is 0.0697. The van der Waals surface area contributed by atoms with Crippen molar-refractivity contribution in [3.8, 4) is 5.69 Å². The smallest absolute Gasteiger partial charge is 0.339 e. The molecule has 0 aliphatic carbocycles. The molecule has 0 radical (unpaired) electrons. The summed E-state index contributed by atoms with van der Waals surface area (Å²) in [5, 5.41) is 20.3. The molecule has 8 heteroatoms. The number of hydrogen-bond acceptors (Lipinski definition) is 4. The van der Waals surface area contributed by atoms with E-state index in [0.29, 0.717) is 11.4 Å². The molecule has 29 heavy (non-hydrogen) atoms. The fourth-order valence-corrected chi connectivity index (χ4v) is 3.03. The predicted octanol–water partition coefficient (Wildman–Crippen LogP) is 3.73. The molecule has 0 atom stereocenters. The lowest BCUT2D eigenvalue weighted by atomic mass is 10.1. The second-order valence-corrected chi connectivity index (χ2v) is 6.44. The van der Waals surface area contributed by atoms with Crippen LogP contribution in [0.4, 0.5) is 10.5 Å². The first-order valence-electron chi connectivity index (χ1n) is 8.93. The highest BCUT2D eigenvalue weighted by atomic mass is 16.4. The number of carboxylic acid groups (broad SMARTS) is 1. The first kappa shape index (κ1) is 19.8. The number of nitrogens with zero attached hydrogens (tertiary/aromatic N) is 3. The lowest BCUT2D eigenvalue weighted by Crippen LogP contribution is -2.25. The van der Waals surface area contributed by atoms with Crippen molar-refractivity contribution >= 4 is 23.4 Å². The Morgan fingerprint density at radius 1 is 1.03 bits per heavy atom. The summed E-state index contributed by atoms with van der Waals surface area (Å²) in [5.74, 6) is -1.02. The first-order valence-corrected chi connectivity index (χ1v) is 8.93. The Labute approximate surface area is 167 Å². The topological polar surface area (TPSA) is 109 Å². The average Bonchev–Trinajstić information content (AvgIpc) is 3.01. The summed E-state index contributed by atoms with van der Waals surface area (Å²) in [6.45, 7) is 5.64. The lowest BCUT2D eigenvalue weighted by Gasteiger charge is -2.07. The van der Waals surface area contributed by atoms with E-state index in [1.807, 2.05) is 48.9 Å². The second kappa shape index (κ2) is 8.39. The Bertz CT molecular complexity index is 1070. The van der Waals surface area contributed by atoms with Crippen LogP contribution in [0.2, 0.25) is 0 Å². The Balaban J connectivity index is 1.72. The van der Waals surface area contributed by atoms with Crippen LogP contribution in [-0.2, 0) is 0 Å². The molecule has 0 bridgehead atoms. The van der Waals surface area contributed by atoms with Crippen LogP contribution in [0.25, 0.3) is 5.69 Å². The summed E-state index contributed by atoms with van der Waals surface area (Å²) in [6, 6.07) is 15.1. The van der Waals surface area contributed by atoms with Gasteiger partial charge in [0.05, 0.1) is 28.4 Å². The largest absolute Gasteiger partial charge is 0.478 e. The minimum Gasteiger partial charge on any atom is -0.478 e. The number of anilines is 1. The van der Waals surface area contributed by atoms with Gasteiger partial charge in [-0.05, 0) is 57.2 Å². The number of aromatic carboxylic acids is 1. The minimum atomic E-state index is -1.02. The third kappa shape index (κ3) is 4.49. The number of hydrazone groups is 1. The molecule has 0 aliphatic rings. The van der Waals surface area contributed by atoms with Gasteiger partial charge in [0.1, 0.15) is 0 Å². The standard InChI is InChI=1S/C21H21N5O3/c1-13(19-14(2)25-26(15(19)3)18-7-5-4-6-8-18)23-24-21(29)22-17-11-9-16(10-12-17)20(27)28/h4-12H,1-3H3,(H,27,28)(H2,22,24,29)/b23-13-. The molecule has 0 unspecified atom stereocenters. The Morgan fingerprint density at radius 3 is 2.31 bits per heavy atom.